The fourth-order valence-corrected chi connectivity index (χ4v) is 1.06. The predicted octanol–water partition coefficient (Wildman–Crippen LogP) is 2.65. The summed E-state index contributed by atoms with van der Waals surface area (Å²) < 4.78 is 4.78. The van der Waals surface area contributed by atoms with Crippen LogP contribution in [0.5, 0.6) is 0 Å². The van der Waals surface area contributed by atoms with Crippen LogP contribution < -0.4 is 0 Å². The van der Waals surface area contributed by atoms with Crippen molar-refractivity contribution in [3.05, 3.63) is 24.5 Å². The van der Waals surface area contributed by atoms with E-state index in [0.717, 1.165) is 12.8 Å². The van der Waals surface area contributed by atoms with Gasteiger partial charge in [-0.15, -0.1) is 0 Å². The lowest BCUT2D eigenvalue weighted by molar-refractivity contribution is 0.336. The van der Waals surface area contributed by atoms with Crippen molar-refractivity contribution in [2.75, 3.05) is 13.7 Å². The second-order valence-corrected chi connectivity index (χ2v) is 2.90. The third-order valence-electron chi connectivity index (χ3n) is 1.75. The van der Waals surface area contributed by atoms with Crippen LogP contribution in [0.25, 0.3) is 0 Å². The lowest BCUT2D eigenvalue weighted by Crippen LogP contribution is -1.76. The first kappa shape index (κ1) is 12.2. The second-order valence-electron chi connectivity index (χ2n) is 2.90. The summed E-state index contributed by atoms with van der Waals surface area (Å²) >= 11 is 0. The number of rotatable bonds is 8. The van der Waals surface area contributed by atoms with Crippen molar-refractivity contribution in [2.24, 2.45) is 0 Å². The van der Waals surface area contributed by atoms with Gasteiger partial charge in [-0.05, 0) is 31.8 Å². The molecule has 0 aliphatic carbocycles. The van der Waals surface area contributed by atoms with Crippen LogP contribution in [0, 0.1) is 0 Å². The van der Waals surface area contributed by atoms with Crippen molar-refractivity contribution >= 4 is 0 Å². The fourth-order valence-electron chi connectivity index (χ4n) is 1.06. The molecule has 0 amide bonds. The molecule has 2 nitrogen and oxygen atoms in total. The number of hydrogen-bond acceptors (Lipinski definition) is 2. The number of aliphatic hydroxyl groups excluding tert-OH is 1. The SMILES string of the molecule is CO/C=C/CCCCC/C=C\CO. The molecule has 0 unspecified atom stereocenters. The summed E-state index contributed by atoms with van der Waals surface area (Å²) in [6.07, 6.45) is 13.4. The maximum Gasteiger partial charge on any atom is 0.0784 e. The van der Waals surface area contributed by atoms with Crippen LogP contribution in [-0.4, -0.2) is 18.8 Å². The summed E-state index contributed by atoms with van der Waals surface area (Å²) in [6, 6.07) is 0. The number of unbranched alkanes of at least 4 members (excludes halogenated alkanes) is 4. The van der Waals surface area contributed by atoms with E-state index < -0.39 is 0 Å². The van der Waals surface area contributed by atoms with Crippen LogP contribution >= 0.6 is 0 Å². The van der Waals surface area contributed by atoms with Crippen LogP contribution in [0.3, 0.4) is 0 Å². The van der Waals surface area contributed by atoms with Crippen molar-refractivity contribution in [3.63, 3.8) is 0 Å². The van der Waals surface area contributed by atoms with Crippen LogP contribution in [0.2, 0.25) is 0 Å². The Morgan fingerprint density at radius 1 is 1.00 bits per heavy atom. The van der Waals surface area contributed by atoms with Gasteiger partial charge in [-0.1, -0.05) is 18.6 Å². The Kier molecular flexibility index (Phi) is 10.6. The first-order chi connectivity index (χ1) is 6.41. The number of hydrogen-bond donors (Lipinski definition) is 1. The number of aliphatic hydroxyl groups is 1. The molecule has 2 heteroatoms. The van der Waals surface area contributed by atoms with Gasteiger partial charge in [0.05, 0.1) is 20.0 Å². The summed E-state index contributed by atoms with van der Waals surface area (Å²) in [5.41, 5.74) is 0. The topological polar surface area (TPSA) is 29.5 Å². The molecule has 0 aromatic carbocycles. The molecule has 0 saturated heterocycles. The van der Waals surface area contributed by atoms with Crippen molar-refractivity contribution in [2.45, 2.75) is 32.1 Å². The Balaban J connectivity index is 2.99. The van der Waals surface area contributed by atoms with Gasteiger partial charge in [-0.25, -0.2) is 0 Å². The van der Waals surface area contributed by atoms with Crippen molar-refractivity contribution < 1.29 is 9.84 Å². The van der Waals surface area contributed by atoms with Crippen LogP contribution in [0.15, 0.2) is 24.5 Å². The van der Waals surface area contributed by atoms with Gasteiger partial charge in [-0.2, -0.15) is 0 Å². The largest absolute Gasteiger partial charge is 0.505 e. The summed E-state index contributed by atoms with van der Waals surface area (Å²) in [5, 5.41) is 8.46. The molecule has 0 aromatic heterocycles. The van der Waals surface area contributed by atoms with E-state index in [4.69, 9.17) is 9.84 Å². The monoisotopic (exact) mass is 184 g/mol. The smallest absolute Gasteiger partial charge is 0.0784 e. The van der Waals surface area contributed by atoms with E-state index in [0.29, 0.717) is 0 Å². The Labute approximate surface area is 80.9 Å². The van der Waals surface area contributed by atoms with Crippen LogP contribution in [-0.2, 0) is 4.74 Å². The van der Waals surface area contributed by atoms with Crippen LogP contribution in [0.4, 0.5) is 0 Å². The number of methoxy groups -OCH3 is 1. The second kappa shape index (κ2) is 11.2. The molecule has 0 aromatic rings. The minimum absolute atomic E-state index is 0.163. The highest BCUT2D eigenvalue weighted by molar-refractivity contribution is 4.80. The Morgan fingerprint density at radius 3 is 2.31 bits per heavy atom. The minimum Gasteiger partial charge on any atom is -0.505 e. The average molecular weight is 184 g/mol. The van der Waals surface area contributed by atoms with Gasteiger partial charge in [0.1, 0.15) is 0 Å². The number of allylic oxidation sites excluding steroid dienone is 2. The molecular formula is C11H20O2. The highest BCUT2D eigenvalue weighted by Crippen LogP contribution is 2.04. The highest BCUT2D eigenvalue weighted by atomic mass is 16.5. The molecule has 0 saturated carbocycles. The molecular weight excluding hydrogens is 164 g/mol. The highest BCUT2D eigenvalue weighted by Gasteiger charge is 1.85. The van der Waals surface area contributed by atoms with Gasteiger partial charge in [0.25, 0.3) is 0 Å². The maximum absolute atomic E-state index is 8.46. The van der Waals surface area contributed by atoms with Crippen molar-refractivity contribution in [1.82, 2.24) is 0 Å². The normalized spacial score (nSPS) is 11.5. The average Bonchev–Trinajstić information content (AvgIpc) is 2.16. The molecule has 76 valence electrons. The van der Waals surface area contributed by atoms with E-state index in [2.05, 4.69) is 0 Å². The lowest BCUT2D eigenvalue weighted by Gasteiger charge is -1.94. The Hall–Kier alpha value is -0.760. The molecule has 1 N–H and O–H groups in total. The zero-order valence-electron chi connectivity index (χ0n) is 8.41. The number of ether oxygens (including phenoxy) is 1. The van der Waals surface area contributed by atoms with Gasteiger partial charge in [-0.3, -0.25) is 0 Å². The summed E-state index contributed by atoms with van der Waals surface area (Å²) in [6.45, 7) is 0.163. The third kappa shape index (κ3) is 11.2. The van der Waals surface area contributed by atoms with E-state index in [-0.39, 0.29) is 6.61 Å². The van der Waals surface area contributed by atoms with Gasteiger partial charge in [0.15, 0.2) is 0 Å². The van der Waals surface area contributed by atoms with Crippen LogP contribution in [0.1, 0.15) is 32.1 Å². The van der Waals surface area contributed by atoms with E-state index >= 15 is 0 Å². The third-order valence-corrected chi connectivity index (χ3v) is 1.75. The summed E-state index contributed by atoms with van der Waals surface area (Å²) in [4.78, 5) is 0. The zero-order chi connectivity index (χ0) is 9.78. The molecule has 0 radical (unpaired) electrons. The maximum atomic E-state index is 8.46. The molecule has 0 bridgehead atoms. The molecule has 0 heterocycles. The van der Waals surface area contributed by atoms with Crippen molar-refractivity contribution in [3.8, 4) is 0 Å². The van der Waals surface area contributed by atoms with E-state index in [1.807, 2.05) is 12.2 Å². The van der Waals surface area contributed by atoms with E-state index in [1.165, 1.54) is 19.3 Å². The first-order valence-electron chi connectivity index (χ1n) is 4.85. The standard InChI is InChI=1S/C11H20O2/c1-13-11-9-7-5-3-2-4-6-8-10-12/h6,8-9,11-12H,2-5,7,10H2,1H3/b8-6-,11-9+. The van der Waals surface area contributed by atoms with Crippen molar-refractivity contribution in [1.29, 1.82) is 0 Å². The molecule has 0 fully saturated rings. The zero-order valence-corrected chi connectivity index (χ0v) is 8.41. The molecule has 0 atom stereocenters. The quantitative estimate of drug-likeness (QED) is 0.357. The summed E-state index contributed by atoms with van der Waals surface area (Å²) in [5.74, 6) is 0. The van der Waals surface area contributed by atoms with Gasteiger partial charge in [0, 0.05) is 0 Å². The predicted molar refractivity (Wildman–Crippen MR) is 55.5 cm³/mol. The molecule has 0 aliphatic heterocycles. The van der Waals surface area contributed by atoms with E-state index in [1.54, 1.807) is 19.4 Å². The minimum atomic E-state index is 0.163. The van der Waals surface area contributed by atoms with Gasteiger partial charge in [0.2, 0.25) is 0 Å². The Bertz CT molecular complexity index is 123. The molecule has 0 spiro atoms. The first-order valence-corrected chi connectivity index (χ1v) is 4.85. The molecule has 0 rings (SSSR count). The molecule has 13 heavy (non-hydrogen) atoms. The Morgan fingerprint density at radius 2 is 1.69 bits per heavy atom. The van der Waals surface area contributed by atoms with E-state index in [9.17, 15) is 0 Å². The fraction of sp³-hybridized carbons (Fsp3) is 0.636. The lowest BCUT2D eigenvalue weighted by atomic mass is 10.1. The molecule has 0 aliphatic rings. The van der Waals surface area contributed by atoms with Gasteiger partial charge >= 0.3 is 0 Å². The van der Waals surface area contributed by atoms with Gasteiger partial charge < -0.3 is 9.84 Å². The summed E-state index contributed by atoms with van der Waals surface area (Å²) in [7, 11) is 1.66.